The number of nitrogen functional groups attached to an aromatic ring is 1. The van der Waals surface area contributed by atoms with Crippen molar-refractivity contribution >= 4 is 11.8 Å². The number of nitrogens with one attached hydrogen (secondary N) is 1. The van der Waals surface area contributed by atoms with Crippen LogP contribution in [0.1, 0.15) is 54.7 Å². The van der Waals surface area contributed by atoms with E-state index in [0.29, 0.717) is 6.54 Å². The molecule has 0 radical (unpaired) electrons. The molecule has 0 aromatic carbocycles. The van der Waals surface area contributed by atoms with Crippen molar-refractivity contribution in [2.75, 3.05) is 11.1 Å². The number of anilines is 2. The number of aliphatic hydroxyl groups excluding tert-OH is 1. The van der Waals surface area contributed by atoms with E-state index in [0.717, 1.165) is 43.0 Å². The molecule has 0 atom stereocenters. The largest absolute Gasteiger partial charge is 0.393 e. The summed E-state index contributed by atoms with van der Waals surface area (Å²) in [6, 6.07) is 1.94. The maximum Gasteiger partial charge on any atom is 0.222 e. The topological polar surface area (TPSA) is 102 Å². The highest BCUT2D eigenvalue weighted by Crippen LogP contribution is 2.36. The number of rotatable bonds is 6. The number of hydrogen-bond donors (Lipinski definition) is 3. The van der Waals surface area contributed by atoms with Gasteiger partial charge in [0, 0.05) is 36.3 Å². The first-order valence-corrected chi connectivity index (χ1v) is 8.57. The molecule has 7 nitrogen and oxygen atoms in total. The SMILES string of the molecule is CCCn1nc(C)c(CNc2cc(C3CC(O)C3)nc(N)n2)c1C. The fourth-order valence-electron chi connectivity index (χ4n) is 3.21. The minimum Gasteiger partial charge on any atom is -0.393 e. The minimum absolute atomic E-state index is 0.211. The summed E-state index contributed by atoms with van der Waals surface area (Å²) in [7, 11) is 0. The molecule has 4 N–H and O–H groups in total. The quantitative estimate of drug-likeness (QED) is 0.750. The van der Waals surface area contributed by atoms with Crippen molar-refractivity contribution in [2.24, 2.45) is 0 Å². The molecule has 2 aromatic heterocycles. The molecule has 0 bridgehead atoms. The van der Waals surface area contributed by atoms with Crippen LogP contribution in [0.2, 0.25) is 0 Å². The van der Waals surface area contributed by atoms with Crippen molar-refractivity contribution in [3.63, 3.8) is 0 Å². The molecule has 0 amide bonds. The Morgan fingerprint density at radius 3 is 2.75 bits per heavy atom. The van der Waals surface area contributed by atoms with Gasteiger partial charge in [-0.15, -0.1) is 0 Å². The summed E-state index contributed by atoms with van der Waals surface area (Å²) in [4.78, 5) is 8.58. The number of aryl methyl sites for hydroxylation is 2. The normalized spacial score (nSPS) is 20.0. The van der Waals surface area contributed by atoms with Crippen LogP contribution in [-0.2, 0) is 13.1 Å². The number of aliphatic hydroxyl groups is 1. The van der Waals surface area contributed by atoms with Crippen molar-refractivity contribution in [1.82, 2.24) is 19.7 Å². The molecule has 24 heavy (non-hydrogen) atoms. The van der Waals surface area contributed by atoms with Crippen LogP contribution in [0.5, 0.6) is 0 Å². The highest BCUT2D eigenvalue weighted by Gasteiger charge is 2.30. The van der Waals surface area contributed by atoms with Crippen LogP contribution in [0, 0.1) is 13.8 Å². The van der Waals surface area contributed by atoms with Crippen LogP contribution >= 0.6 is 0 Å². The molecule has 0 unspecified atom stereocenters. The Hall–Kier alpha value is -2.15. The fourth-order valence-corrected chi connectivity index (χ4v) is 3.21. The fraction of sp³-hybridized carbons (Fsp3) is 0.588. The number of hydrogen-bond acceptors (Lipinski definition) is 6. The highest BCUT2D eigenvalue weighted by atomic mass is 16.3. The lowest BCUT2D eigenvalue weighted by Gasteiger charge is -2.30. The molecule has 0 aliphatic heterocycles. The maximum atomic E-state index is 9.48. The van der Waals surface area contributed by atoms with Gasteiger partial charge in [0.05, 0.1) is 17.5 Å². The molecule has 1 aliphatic carbocycles. The third-order valence-corrected chi connectivity index (χ3v) is 4.71. The van der Waals surface area contributed by atoms with Crippen LogP contribution in [0.4, 0.5) is 11.8 Å². The molecule has 0 saturated heterocycles. The molecule has 130 valence electrons. The number of nitrogens with zero attached hydrogens (tertiary/aromatic N) is 4. The Bertz CT molecular complexity index is 720. The average molecular weight is 330 g/mol. The summed E-state index contributed by atoms with van der Waals surface area (Å²) in [6.07, 6.45) is 2.35. The maximum absolute atomic E-state index is 9.48. The number of aromatic nitrogens is 4. The van der Waals surface area contributed by atoms with Crippen LogP contribution in [0.15, 0.2) is 6.07 Å². The Labute approximate surface area is 142 Å². The summed E-state index contributed by atoms with van der Waals surface area (Å²) in [6.45, 7) is 7.87. The zero-order valence-electron chi connectivity index (χ0n) is 14.6. The van der Waals surface area contributed by atoms with Gasteiger partial charge in [0.1, 0.15) is 5.82 Å². The first kappa shape index (κ1) is 16.7. The Morgan fingerprint density at radius 2 is 2.08 bits per heavy atom. The van der Waals surface area contributed by atoms with Crippen LogP contribution < -0.4 is 11.1 Å². The zero-order chi connectivity index (χ0) is 17.3. The predicted octanol–water partition coefficient (Wildman–Crippen LogP) is 2.13. The second kappa shape index (κ2) is 6.76. The third kappa shape index (κ3) is 3.36. The van der Waals surface area contributed by atoms with E-state index in [1.807, 2.05) is 13.0 Å². The molecule has 7 heteroatoms. The molecule has 2 aromatic rings. The Kier molecular flexibility index (Phi) is 4.71. The predicted molar refractivity (Wildman–Crippen MR) is 93.7 cm³/mol. The summed E-state index contributed by atoms with van der Waals surface area (Å²) in [5.74, 6) is 1.27. The molecule has 1 fully saturated rings. The first-order chi connectivity index (χ1) is 11.5. The lowest BCUT2D eigenvalue weighted by molar-refractivity contribution is 0.0732. The van der Waals surface area contributed by atoms with Gasteiger partial charge in [-0.25, -0.2) is 4.98 Å². The molecule has 0 spiro atoms. The molecular weight excluding hydrogens is 304 g/mol. The molecule has 2 heterocycles. The first-order valence-electron chi connectivity index (χ1n) is 8.57. The highest BCUT2D eigenvalue weighted by molar-refractivity contribution is 5.43. The molecule has 1 aliphatic rings. The van der Waals surface area contributed by atoms with Crippen molar-refractivity contribution in [3.8, 4) is 0 Å². The van der Waals surface area contributed by atoms with E-state index < -0.39 is 0 Å². The zero-order valence-corrected chi connectivity index (χ0v) is 14.6. The smallest absolute Gasteiger partial charge is 0.222 e. The van der Waals surface area contributed by atoms with Gasteiger partial charge >= 0.3 is 0 Å². The van der Waals surface area contributed by atoms with Crippen molar-refractivity contribution in [3.05, 3.63) is 28.7 Å². The Balaban J connectivity index is 1.73. The molecule has 3 rings (SSSR count). The van der Waals surface area contributed by atoms with E-state index >= 15 is 0 Å². The van der Waals surface area contributed by atoms with Crippen molar-refractivity contribution in [2.45, 2.75) is 65.1 Å². The molecule has 1 saturated carbocycles. The summed E-state index contributed by atoms with van der Waals surface area (Å²) in [5.41, 5.74) is 10.2. The average Bonchev–Trinajstić information content (AvgIpc) is 2.76. The van der Waals surface area contributed by atoms with Crippen LogP contribution in [-0.4, -0.2) is 31.0 Å². The van der Waals surface area contributed by atoms with Gasteiger partial charge in [-0.2, -0.15) is 10.1 Å². The summed E-state index contributed by atoms with van der Waals surface area (Å²) in [5, 5.41) is 17.4. The monoisotopic (exact) mass is 330 g/mol. The summed E-state index contributed by atoms with van der Waals surface area (Å²) < 4.78 is 2.06. The van der Waals surface area contributed by atoms with E-state index in [9.17, 15) is 5.11 Å². The van der Waals surface area contributed by atoms with E-state index in [4.69, 9.17) is 5.73 Å². The van der Waals surface area contributed by atoms with Gasteiger partial charge in [-0.05, 0) is 33.1 Å². The lowest BCUT2D eigenvalue weighted by Crippen LogP contribution is -2.27. The number of nitrogens with two attached hydrogens (primary N) is 1. The second-order valence-corrected chi connectivity index (χ2v) is 6.58. The standard InChI is InChI=1S/C17H26N6O/c1-4-5-23-11(3)14(10(2)22-23)9-19-16-8-15(20-17(18)21-16)12-6-13(24)7-12/h8,12-13,24H,4-7,9H2,1-3H3,(H3,18,19,20,21). The van der Waals surface area contributed by atoms with Crippen LogP contribution in [0.25, 0.3) is 0 Å². The second-order valence-electron chi connectivity index (χ2n) is 6.58. The summed E-state index contributed by atoms with van der Waals surface area (Å²) >= 11 is 0. The van der Waals surface area contributed by atoms with Crippen molar-refractivity contribution < 1.29 is 5.11 Å². The van der Waals surface area contributed by atoms with E-state index in [1.54, 1.807) is 0 Å². The van der Waals surface area contributed by atoms with E-state index in [1.165, 1.54) is 11.3 Å². The lowest BCUT2D eigenvalue weighted by atomic mass is 9.80. The minimum atomic E-state index is -0.211. The van der Waals surface area contributed by atoms with Gasteiger partial charge in [0.15, 0.2) is 0 Å². The van der Waals surface area contributed by atoms with Gasteiger partial charge in [-0.1, -0.05) is 6.92 Å². The van der Waals surface area contributed by atoms with Crippen molar-refractivity contribution in [1.29, 1.82) is 0 Å². The van der Waals surface area contributed by atoms with E-state index in [-0.39, 0.29) is 18.0 Å². The van der Waals surface area contributed by atoms with Gasteiger partial charge in [-0.3, -0.25) is 4.68 Å². The van der Waals surface area contributed by atoms with Gasteiger partial charge in [0.2, 0.25) is 5.95 Å². The van der Waals surface area contributed by atoms with Gasteiger partial charge in [0.25, 0.3) is 0 Å². The molecular formula is C17H26N6O. The third-order valence-electron chi connectivity index (χ3n) is 4.71. The van der Waals surface area contributed by atoms with Crippen LogP contribution in [0.3, 0.4) is 0 Å². The van der Waals surface area contributed by atoms with Gasteiger partial charge < -0.3 is 16.2 Å². The van der Waals surface area contributed by atoms with E-state index in [2.05, 4.69) is 38.9 Å². The Morgan fingerprint density at radius 1 is 1.33 bits per heavy atom.